The molecule has 33 heavy (non-hydrogen) atoms. The minimum atomic E-state index is -3.53. The topological polar surface area (TPSA) is 44.8 Å². The van der Waals surface area contributed by atoms with Crippen LogP contribution in [0.5, 0.6) is 17.2 Å². The van der Waals surface area contributed by atoms with Gasteiger partial charge in [-0.25, -0.2) is 4.57 Å². The van der Waals surface area contributed by atoms with E-state index >= 15 is 0 Å². The van der Waals surface area contributed by atoms with Crippen molar-refractivity contribution in [1.29, 1.82) is 0 Å². The average Bonchev–Trinajstić information content (AvgIpc) is 2.86. The molecule has 172 valence electrons. The van der Waals surface area contributed by atoms with Crippen molar-refractivity contribution in [2.45, 2.75) is 32.1 Å². The Balaban J connectivity index is 1.67. The highest BCUT2D eigenvalue weighted by Crippen LogP contribution is 2.52. The summed E-state index contributed by atoms with van der Waals surface area (Å²) in [6.45, 7) is 0. The number of hydrogen-bond donors (Lipinski definition) is 0. The lowest BCUT2D eigenvalue weighted by Crippen LogP contribution is -2.15. The first-order chi connectivity index (χ1) is 16.1. The fraction of sp³-hybridized carbons (Fsp3) is 0.286. The molecule has 1 aliphatic carbocycles. The number of hydrogen-bond acceptors (Lipinski definition) is 4. The van der Waals surface area contributed by atoms with Crippen molar-refractivity contribution in [2.75, 3.05) is 13.3 Å². The van der Waals surface area contributed by atoms with Crippen LogP contribution in [0, 0.1) is 5.92 Å². The predicted molar refractivity (Wildman–Crippen MR) is 134 cm³/mol. The Kier molecular flexibility index (Phi) is 7.91. The van der Waals surface area contributed by atoms with E-state index in [1.54, 1.807) is 7.11 Å². The van der Waals surface area contributed by atoms with Crippen LogP contribution in [0.25, 0.3) is 6.08 Å². The van der Waals surface area contributed by atoms with E-state index in [0.717, 1.165) is 29.7 Å². The summed E-state index contributed by atoms with van der Waals surface area (Å²) in [5, 5.41) is 0. The molecule has 0 unspecified atom stereocenters. The number of rotatable bonds is 9. The fourth-order valence-corrected chi connectivity index (χ4v) is 6.12. The molecule has 1 saturated carbocycles. The van der Waals surface area contributed by atoms with Crippen LogP contribution in [0.4, 0.5) is 0 Å². The highest BCUT2D eigenvalue weighted by atomic mass is 31.2. The molecule has 3 aromatic rings. The Bertz CT molecular complexity index is 1030. The Morgan fingerprint density at radius 1 is 0.788 bits per heavy atom. The second-order valence-corrected chi connectivity index (χ2v) is 10.3. The van der Waals surface area contributed by atoms with E-state index in [0.29, 0.717) is 17.4 Å². The molecule has 0 heterocycles. The lowest BCUT2D eigenvalue weighted by molar-refractivity contribution is 0.376. The summed E-state index contributed by atoms with van der Waals surface area (Å²) in [5.41, 5.74) is 2.18. The molecule has 1 aliphatic rings. The summed E-state index contributed by atoms with van der Waals surface area (Å²) in [4.78, 5) is 0. The number of ether oxygens (including phenoxy) is 1. The molecule has 5 heteroatoms. The third kappa shape index (κ3) is 6.76. The van der Waals surface area contributed by atoms with Crippen LogP contribution in [-0.2, 0) is 4.57 Å². The molecule has 4 nitrogen and oxygen atoms in total. The van der Waals surface area contributed by atoms with E-state index in [9.17, 15) is 4.57 Å². The van der Waals surface area contributed by atoms with Gasteiger partial charge in [-0.1, -0.05) is 79.4 Å². The van der Waals surface area contributed by atoms with Gasteiger partial charge in [0.1, 0.15) is 17.2 Å². The van der Waals surface area contributed by atoms with E-state index < -0.39 is 7.60 Å². The Hall–Kier alpha value is -2.97. The van der Waals surface area contributed by atoms with Crippen LogP contribution in [-0.4, -0.2) is 13.3 Å². The van der Waals surface area contributed by atoms with E-state index in [1.165, 1.54) is 19.3 Å². The second-order valence-electron chi connectivity index (χ2n) is 8.41. The molecule has 0 aromatic heterocycles. The van der Waals surface area contributed by atoms with Crippen LogP contribution in [0.15, 0.2) is 90.5 Å². The van der Waals surface area contributed by atoms with E-state index in [2.05, 4.69) is 6.08 Å². The predicted octanol–water partition coefficient (Wildman–Crippen LogP) is 8.01. The summed E-state index contributed by atoms with van der Waals surface area (Å²) in [6, 6.07) is 26.5. The maximum Gasteiger partial charge on any atom is 0.434 e. The van der Waals surface area contributed by atoms with Gasteiger partial charge >= 0.3 is 7.60 Å². The summed E-state index contributed by atoms with van der Waals surface area (Å²) < 4.78 is 31.6. The number of benzene rings is 3. The monoisotopic (exact) mass is 462 g/mol. The molecule has 0 bridgehead atoms. The van der Waals surface area contributed by atoms with Crippen LogP contribution in [0.2, 0.25) is 0 Å². The first-order valence-corrected chi connectivity index (χ1v) is 13.3. The van der Waals surface area contributed by atoms with Crippen molar-refractivity contribution in [3.63, 3.8) is 0 Å². The molecule has 0 N–H and O–H groups in total. The number of methoxy groups -OCH3 is 1. The van der Waals surface area contributed by atoms with Gasteiger partial charge in [0.05, 0.1) is 13.3 Å². The van der Waals surface area contributed by atoms with Crippen LogP contribution >= 0.6 is 7.60 Å². The first-order valence-electron chi connectivity index (χ1n) is 11.6. The SMILES string of the molecule is COc1ccc(/C=C(/CP(=O)(Oc2ccccc2)Oc2ccccc2)C2CCCCC2)cc1. The third-order valence-corrected chi connectivity index (χ3v) is 7.68. The van der Waals surface area contributed by atoms with Gasteiger partial charge in [0.15, 0.2) is 0 Å². The number of para-hydroxylation sites is 2. The zero-order valence-corrected chi connectivity index (χ0v) is 20.0. The first kappa shape index (κ1) is 23.2. The van der Waals surface area contributed by atoms with Crippen LogP contribution in [0.1, 0.15) is 37.7 Å². The van der Waals surface area contributed by atoms with Gasteiger partial charge in [-0.3, -0.25) is 0 Å². The lowest BCUT2D eigenvalue weighted by Gasteiger charge is -2.28. The Labute approximate surface area is 196 Å². The summed E-state index contributed by atoms with van der Waals surface area (Å²) in [7, 11) is -1.87. The minimum absolute atomic E-state index is 0.244. The maximum absolute atomic E-state index is 14.2. The third-order valence-electron chi connectivity index (χ3n) is 5.95. The van der Waals surface area contributed by atoms with Gasteiger partial charge in [0.2, 0.25) is 0 Å². The minimum Gasteiger partial charge on any atom is -0.497 e. The average molecular weight is 463 g/mol. The van der Waals surface area contributed by atoms with Crippen molar-refractivity contribution in [2.24, 2.45) is 5.92 Å². The molecule has 0 spiro atoms. The van der Waals surface area contributed by atoms with E-state index in [1.807, 2.05) is 84.9 Å². The van der Waals surface area contributed by atoms with E-state index in [-0.39, 0.29) is 6.16 Å². The fourth-order valence-electron chi connectivity index (χ4n) is 4.27. The smallest absolute Gasteiger partial charge is 0.434 e. The second kappa shape index (κ2) is 11.2. The zero-order chi connectivity index (χ0) is 22.9. The quantitative estimate of drug-likeness (QED) is 0.302. The van der Waals surface area contributed by atoms with Gasteiger partial charge in [-0.2, -0.15) is 0 Å². The van der Waals surface area contributed by atoms with Crippen molar-refractivity contribution in [3.05, 3.63) is 96.1 Å². The van der Waals surface area contributed by atoms with Crippen molar-refractivity contribution < 1.29 is 18.3 Å². The lowest BCUT2D eigenvalue weighted by atomic mass is 9.83. The molecule has 0 saturated heterocycles. The highest BCUT2D eigenvalue weighted by Gasteiger charge is 2.33. The Morgan fingerprint density at radius 3 is 1.85 bits per heavy atom. The van der Waals surface area contributed by atoms with Crippen molar-refractivity contribution in [3.8, 4) is 17.2 Å². The molecule has 0 atom stereocenters. The van der Waals surface area contributed by atoms with Crippen LogP contribution in [0.3, 0.4) is 0 Å². The molecule has 1 fully saturated rings. The van der Waals surface area contributed by atoms with Gasteiger partial charge in [-0.15, -0.1) is 0 Å². The van der Waals surface area contributed by atoms with Gasteiger partial charge in [0.25, 0.3) is 0 Å². The van der Waals surface area contributed by atoms with Gasteiger partial charge in [-0.05, 0) is 60.7 Å². The molecule has 3 aromatic carbocycles. The maximum atomic E-state index is 14.2. The van der Waals surface area contributed by atoms with Crippen LogP contribution < -0.4 is 13.8 Å². The van der Waals surface area contributed by atoms with E-state index in [4.69, 9.17) is 13.8 Å². The molecule has 0 radical (unpaired) electrons. The molecule has 0 amide bonds. The zero-order valence-electron chi connectivity index (χ0n) is 19.1. The van der Waals surface area contributed by atoms with Gasteiger partial charge < -0.3 is 13.8 Å². The largest absolute Gasteiger partial charge is 0.497 e. The van der Waals surface area contributed by atoms with Crippen molar-refractivity contribution in [1.82, 2.24) is 0 Å². The van der Waals surface area contributed by atoms with Gasteiger partial charge in [0, 0.05) is 0 Å². The van der Waals surface area contributed by atoms with Crippen molar-refractivity contribution >= 4 is 13.7 Å². The molecule has 4 rings (SSSR count). The standard InChI is InChI=1S/C28H31O4P/c1-30-26-19-17-23(18-20-26)21-25(24-11-5-2-6-12-24)22-33(29,31-27-13-7-3-8-14-27)32-28-15-9-4-10-16-28/h3-4,7-10,13-21,24H,2,5-6,11-12,22H2,1H3/b25-21-. The summed E-state index contributed by atoms with van der Waals surface area (Å²) >= 11 is 0. The number of allylic oxidation sites excluding steroid dienone is 1. The molecular formula is C28H31O4P. The molecular weight excluding hydrogens is 431 g/mol. The normalized spacial score (nSPS) is 15.1. The summed E-state index contributed by atoms with van der Waals surface area (Å²) in [5.74, 6) is 2.28. The highest BCUT2D eigenvalue weighted by molar-refractivity contribution is 7.55. The molecule has 0 aliphatic heterocycles. The Morgan fingerprint density at radius 2 is 1.33 bits per heavy atom. The summed E-state index contributed by atoms with van der Waals surface area (Å²) in [6.07, 6.45) is 8.22.